The molecule has 1 heterocycles. The van der Waals surface area contributed by atoms with Gasteiger partial charge in [-0.25, -0.2) is 9.18 Å². The zero-order chi connectivity index (χ0) is 15.5. The highest BCUT2D eigenvalue weighted by Gasteiger charge is 2.29. The number of esters is 1. The standard InChI is InChI=1S/C17H18FNO3/c1-21-17(20)16-9-8-15(22-16)11-19(14-6-7-14)10-12-2-4-13(18)5-3-12/h2-5,8-9,14H,6-7,10-11H2,1H3. The second kappa shape index (κ2) is 6.32. The molecule has 1 aliphatic rings. The Bertz CT molecular complexity index is 646. The molecule has 0 saturated heterocycles. The van der Waals surface area contributed by atoms with Crippen molar-refractivity contribution in [2.45, 2.75) is 32.0 Å². The molecule has 22 heavy (non-hydrogen) atoms. The summed E-state index contributed by atoms with van der Waals surface area (Å²) in [5.41, 5.74) is 1.06. The lowest BCUT2D eigenvalue weighted by molar-refractivity contribution is 0.0560. The van der Waals surface area contributed by atoms with E-state index in [9.17, 15) is 9.18 Å². The van der Waals surface area contributed by atoms with Crippen LogP contribution in [0.25, 0.3) is 0 Å². The third-order valence-electron chi connectivity index (χ3n) is 3.77. The average Bonchev–Trinajstić information content (AvgIpc) is 3.27. The van der Waals surface area contributed by atoms with Crippen LogP contribution < -0.4 is 0 Å². The van der Waals surface area contributed by atoms with E-state index < -0.39 is 5.97 Å². The largest absolute Gasteiger partial charge is 0.463 e. The van der Waals surface area contributed by atoms with Gasteiger partial charge in [0.25, 0.3) is 0 Å². The summed E-state index contributed by atoms with van der Waals surface area (Å²) in [5, 5.41) is 0. The number of carbonyl (C=O) groups is 1. The average molecular weight is 303 g/mol. The molecule has 0 unspecified atom stereocenters. The van der Waals surface area contributed by atoms with Crippen molar-refractivity contribution in [3.63, 3.8) is 0 Å². The molecule has 0 aliphatic heterocycles. The Kier molecular flexibility index (Phi) is 4.24. The lowest BCUT2D eigenvalue weighted by Gasteiger charge is -2.20. The zero-order valence-corrected chi connectivity index (χ0v) is 12.4. The van der Waals surface area contributed by atoms with Crippen LogP contribution in [0, 0.1) is 5.82 Å². The van der Waals surface area contributed by atoms with Gasteiger partial charge < -0.3 is 9.15 Å². The quantitative estimate of drug-likeness (QED) is 0.767. The Hall–Kier alpha value is -2.14. The molecule has 0 spiro atoms. The van der Waals surface area contributed by atoms with Crippen molar-refractivity contribution in [2.24, 2.45) is 0 Å². The van der Waals surface area contributed by atoms with E-state index in [1.54, 1.807) is 24.3 Å². The molecule has 1 aromatic carbocycles. The van der Waals surface area contributed by atoms with Crippen molar-refractivity contribution < 1.29 is 18.3 Å². The SMILES string of the molecule is COC(=O)c1ccc(CN(Cc2ccc(F)cc2)C2CC2)o1. The Balaban J connectivity index is 1.68. The number of rotatable bonds is 6. The van der Waals surface area contributed by atoms with Gasteiger partial charge in [0.2, 0.25) is 5.76 Å². The number of methoxy groups -OCH3 is 1. The number of hydrogen-bond acceptors (Lipinski definition) is 4. The van der Waals surface area contributed by atoms with E-state index >= 15 is 0 Å². The van der Waals surface area contributed by atoms with Crippen molar-refractivity contribution in [2.75, 3.05) is 7.11 Å². The topological polar surface area (TPSA) is 42.7 Å². The van der Waals surface area contributed by atoms with E-state index in [1.807, 2.05) is 0 Å². The molecule has 1 fully saturated rings. The molecular formula is C17H18FNO3. The molecule has 116 valence electrons. The highest BCUT2D eigenvalue weighted by molar-refractivity contribution is 5.86. The number of furan rings is 1. The number of benzene rings is 1. The maximum Gasteiger partial charge on any atom is 0.373 e. The van der Waals surface area contributed by atoms with Crippen molar-refractivity contribution >= 4 is 5.97 Å². The third kappa shape index (κ3) is 3.54. The summed E-state index contributed by atoms with van der Waals surface area (Å²) in [7, 11) is 1.33. The third-order valence-corrected chi connectivity index (χ3v) is 3.77. The predicted octanol–water partition coefficient (Wildman–Crippen LogP) is 3.37. The van der Waals surface area contributed by atoms with Crippen LogP contribution in [0.15, 0.2) is 40.8 Å². The minimum absolute atomic E-state index is 0.218. The van der Waals surface area contributed by atoms with Crippen LogP contribution in [0.1, 0.15) is 34.7 Å². The molecule has 1 aliphatic carbocycles. The molecule has 0 radical (unpaired) electrons. The number of nitrogens with zero attached hydrogens (tertiary/aromatic N) is 1. The van der Waals surface area contributed by atoms with Crippen LogP contribution in [-0.2, 0) is 17.8 Å². The van der Waals surface area contributed by atoms with Crippen molar-refractivity contribution in [3.8, 4) is 0 Å². The van der Waals surface area contributed by atoms with Gasteiger partial charge in [-0.15, -0.1) is 0 Å². The normalized spacial score (nSPS) is 14.3. The minimum atomic E-state index is -0.470. The van der Waals surface area contributed by atoms with Gasteiger partial charge in [-0.2, -0.15) is 0 Å². The van der Waals surface area contributed by atoms with E-state index in [4.69, 9.17) is 4.42 Å². The summed E-state index contributed by atoms with van der Waals surface area (Å²) >= 11 is 0. The summed E-state index contributed by atoms with van der Waals surface area (Å²) in [4.78, 5) is 13.7. The molecular weight excluding hydrogens is 285 g/mol. The lowest BCUT2D eigenvalue weighted by Crippen LogP contribution is -2.24. The van der Waals surface area contributed by atoms with Gasteiger partial charge in [0.05, 0.1) is 13.7 Å². The Morgan fingerprint density at radius 3 is 2.59 bits per heavy atom. The van der Waals surface area contributed by atoms with Crippen LogP contribution >= 0.6 is 0 Å². The van der Waals surface area contributed by atoms with E-state index in [0.29, 0.717) is 12.6 Å². The monoisotopic (exact) mass is 303 g/mol. The number of halogens is 1. The van der Waals surface area contributed by atoms with Gasteiger partial charge in [-0.05, 0) is 42.7 Å². The molecule has 3 rings (SSSR count). The van der Waals surface area contributed by atoms with E-state index in [2.05, 4.69) is 9.64 Å². The van der Waals surface area contributed by atoms with Crippen LogP contribution in [0.2, 0.25) is 0 Å². The van der Waals surface area contributed by atoms with Crippen molar-refractivity contribution in [1.82, 2.24) is 4.90 Å². The fraction of sp³-hybridized carbons (Fsp3) is 0.353. The molecule has 0 atom stereocenters. The van der Waals surface area contributed by atoms with E-state index in [-0.39, 0.29) is 11.6 Å². The minimum Gasteiger partial charge on any atom is -0.463 e. The zero-order valence-electron chi connectivity index (χ0n) is 12.4. The van der Waals surface area contributed by atoms with Crippen LogP contribution in [0.4, 0.5) is 4.39 Å². The maximum atomic E-state index is 13.0. The molecule has 0 bridgehead atoms. The summed E-state index contributed by atoms with van der Waals surface area (Å²) in [6.45, 7) is 1.36. The second-order valence-corrected chi connectivity index (χ2v) is 5.52. The van der Waals surface area contributed by atoms with Crippen LogP contribution in [0.5, 0.6) is 0 Å². The van der Waals surface area contributed by atoms with Gasteiger partial charge in [0, 0.05) is 12.6 Å². The molecule has 1 aromatic heterocycles. The summed E-state index contributed by atoms with van der Waals surface area (Å²) in [5.74, 6) is 0.252. The number of ether oxygens (including phenoxy) is 1. The molecule has 4 nitrogen and oxygen atoms in total. The number of carbonyl (C=O) groups excluding carboxylic acids is 1. The van der Waals surface area contributed by atoms with Crippen LogP contribution in [-0.4, -0.2) is 24.0 Å². The smallest absolute Gasteiger partial charge is 0.373 e. The Labute approximate surface area is 128 Å². The first kappa shape index (κ1) is 14.8. The predicted molar refractivity (Wildman–Crippen MR) is 78.7 cm³/mol. The second-order valence-electron chi connectivity index (χ2n) is 5.52. The van der Waals surface area contributed by atoms with Crippen molar-refractivity contribution in [1.29, 1.82) is 0 Å². The molecule has 0 amide bonds. The van der Waals surface area contributed by atoms with E-state index in [1.165, 1.54) is 19.2 Å². The van der Waals surface area contributed by atoms with E-state index in [0.717, 1.165) is 30.7 Å². The highest BCUT2D eigenvalue weighted by Crippen LogP contribution is 2.30. The summed E-state index contributed by atoms with van der Waals surface area (Å²) < 4.78 is 23.1. The maximum absolute atomic E-state index is 13.0. The molecule has 5 heteroatoms. The van der Waals surface area contributed by atoms with Gasteiger partial charge in [0.15, 0.2) is 0 Å². The first-order valence-corrected chi connectivity index (χ1v) is 7.31. The lowest BCUT2D eigenvalue weighted by atomic mass is 10.2. The van der Waals surface area contributed by atoms with Gasteiger partial charge in [0.1, 0.15) is 11.6 Å². The van der Waals surface area contributed by atoms with Gasteiger partial charge in [-0.3, -0.25) is 4.90 Å². The van der Waals surface area contributed by atoms with Crippen molar-refractivity contribution in [3.05, 3.63) is 59.3 Å². The first-order chi connectivity index (χ1) is 10.7. The Morgan fingerprint density at radius 1 is 1.23 bits per heavy atom. The summed E-state index contributed by atoms with van der Waals surface area (Å²) in [6.07, 6.45) is 2.32. The molecule has 2 aromatic rings. The highest BCUT2D eigenvalue weighted by atomic mass is 19.1. The number of hydrogen-bond donors (Lipinski definition) is 0. The summed E-state index contributed by atoms with van der Waals surface area (Å²) in [6, 6.07) is 10.5. The fourth-order valence-electron chi connectivity index (χ4n) is 2.45. The molecule has 1 saturated carbocycles. The van der Waals surface area contributed by atoms with Gasteiger partial charge in [-0.1, -0.05) is 12.1 Å². The van der Waals surface area contributed by atoms with Gasteiger partial charge >= 0.3 is 5.97 Å². The van der Waals surface area contributed by atoms with Crippen LogP contribution in [0.3, 0.4) is 0 Å². The Morgan fingerprint density at radius 2 is 1.95 bits per heavy atom. The first-order valence-electron chi connectivity index (χ1n) is 7.31. The molecule has 0 N–H and O–H groups in total. The fourth-order valence-corrected chi connectivity index (χ4v) is 2.45.